The van der Waals surface area contributed by atoms with E-state index in [1.807, 2.05) is 18.2 Å². The molecule has 0 fully saturated rings. The molecule has 1 aromatic heterocycles. The molecule has 2 heterocycles. The van der Waals surface area contributed by atoms with Crippen LogP contribution in [0.2, 0.25) is 0 Å². The average molecular weight is 406 g/mol. The van der Waals surface area contributed by atoms with E-state index in [0.717, 1.165) is 30.5 Å². The van der Waals surface area contributed by atoms with Gasteiger partial charge in [-0.25, -0.2) is 4.99 Å². The maximum atomic E-state index is 12.8. The first-order valence-corrected chi connectivity index (χ1v) is 10.2. The molecule has 7 heteroatoms. The van der Waals surface area contributed by atoms with Gasteiger partial charge in [0.15, 0.2) is 0 Å². The van der Waals surface area contributed by atoms with Gasteiger partial charge in [0.2, 0.25) is 5.27 Å². The third-order valence-electron chi connectivity index (χ3n) is 5.59. The maximum absolute atomic E-state index is 12.8. The quantitative estimate of drug-likeness (QED) is 0.357. The fourth-order valence-electron chi connectivity index (χ4n) is 3.88. The Hall–Kier alpha value is -3.35. The van der Waals surface area contributed by atoms with Crippen molar-refractivity contribution in [3.05, 3.63) is 59.7 Å². The van der Waals surface area contributed by atoms with Crippen molar-refractivity contribution in [1.29, 1.82) is 0 Å². The van der Waals surface area contributed by atoms with E-state index in [4.69, 9.17) is 9.26 Å². The second-order valence-electron chi connectivity index (χ2n) is 7.84. The number of benzene rings is 2. The van der Waals surface area contributed by atoms with Crippen LogP contribution in [0.4, 0.5) is 5.88 Å². The van der Waals surface area contributed by atoms with E-state index in [1.165, 1.54) is 0 Å². The second-order valence-corrected chi connectivity index (χ2v) is 7.84. The van der Waals surface area contributed by atoms with Crippen LogP contribution in [0, 0.1) is 0 Å². The molecule has 0 saturated heterocycles. The van der Waals surface area contributed by atoms with Crippen molar-refractivity contribution in [3.63, 3.8) is 0 Å². The zero-order valence-electron chi connectivity index (χ0n) is 17.8. The van der Waals surface area contributed by atoms with E-state index < -0.39 is 0 Å². The van der Waals surface area contributed by atoms with Gasteiger partial charge in [-0.15, -0.1) is 5.01 Å². The normalized spacial score (nSPS) is 14.9. The Balaban J connectivity index is 1.82. The molecule has 0 aliphatic carbocycles. The summed E-state index contributed by atoms with van der Waals surface area (Å²) in [5, 5.41) is 19.2. The SMILES string of the molecule is CCCCN1[n+]2noc(/N=C(\[O-])c3ccc(OC)cc3)c2-c2ccccc2C1(C)C. The Bertz CT molecular complexity index is 1070. The highest BCUT2D eigenvalue weighted by Gasteiger charge is 2.48. The molecule has 1 aliphatic rings. The molecule has 0 bridgehead atoms. The summed E-state index contributed by atoms with van der Waals surface area (Å²) < 4.78 is 10.7. The van der Waals surface area contributed by atoms with Crippen molar-refractivity contribution < 1.29 is 19.2 Å². The number of unbranched alkanes of at least 4 members (excludes halogenated alkanes) is 1. The summed E-state index contributed by atoms with van der Waals surface area (Å²) in [6.45, 7) is 7.32. The van der Waals surface area contributed by atoms with E-state index in [1.54, 1.807) is 36.2 Å². The van der Waals surface area contributed by atoms with Crippen molar-refractivity contribution in [2.24, 2.45) is 4.99 Å². The lowest BCUT2D eigenvalue weighted by Crippen LogP contribution is -2.69. The molecule has 3 aromatic rings. The summed E-state index contributed by atoms with van der Waals surface area (Å²) in [4.78, 5) is 6.03. The van der Waals surface area contributed by atoms with Crippen LogP contribution < -0.4 is 19.6 Å². The molecular weight excluding hydrogens is 380 g/mol. The van der Waals surface area contributed by atoms with Gasteiger partial charge in [-0.3, -0.25) is 4.52 Å². The average Bonchev–Trinajstić information content (AvgIpc) is 3.16. The van der Waals surface area contributed by atoms with Crippen LogP contribution in [0.1, 0.15) is 44.7 Å². The minimum atomic E-state index is -0.389. The van der Waals surface area contributed by atoms with Crippen LogP contribution in [0.5, 0.6) is 5.75 Å². The Morgan fingerprint density at radius 2 is 1.93 bits per heavy atom. The first-order valence-electron chi connectivity index (χ1n) is 10.2. The fraction of sp³-hybridized carbons (Fsp3) is 0.348. The molecule has 4 rings (SSSR count). The number of aromatic nitrogens is 2. The van der Waals surface area contributed by atoms with Crippen LogP contribution in [0.25, 0.3) is 11.3 Å². The van der Waals surface area contributed by atoms with Crippen LogP contribution in [0.3, 0.4) is 0 Å². The third kappa shape index (κ3) is 3.30. The highest BCUT2D eigenvalue weighted by Crippen LogP contribution is 2.40. The molecule has 0 atom stereocenters. The number of hydrogen-bond donors (Lipinski definition) is 0. The van der Waals surface area contributed by atoms with Gasteiger partial charge in [-0.05, 0) is 55.5 Å². The lowest BCUT2D eigenvalue weighted by Gasteiger charge is -2.36. The van der Waals surface area contributed by atoms with Crippen LogP contribution in [-0.2, 0) is 5.54 Å². The fourth-order valence-corrected chi connectivity index (χ4v) is 3.88. The lowest BCUT2D eigenvalue weighted by molar-refractivity contribution is -0.759. The van der Waals surface area contributed by atoms with Crippen LogP contribution in [0.15, 0.2) is 58.0 Å². The van der Waals surface area contributed by atoms with E-state index in [0.29, 0.717) is 17.0 Å². The van der Waals surface area contributed by atoms with Crippen molar-refractivity contribution in [2.45, 2.75) is 39.2 Å². The van der Waals surface area contributed by atoms with Gasteiger partial charge in [0.1, 0.15) is 11.3 Å². The summed E-state index contributed by atoms with van der Waals surface area (Å²) >= 11 is 0. The summed E-state index contributed by atoms with van der Waals surface area (Å²) in [6, 6.07) is 15.0. The maximum Gasteiger partial charge on any atom is 0.341 e. The Morgan fingerprint density at radius 1 is 1.20 bits per heavy atom. The molecule has 0 radical (unpaired) electrons. The molecule has 0 spiro atoms. The standard InChI is InChI=1S/C23H26N4O3/c1-5-6-15-26-23(2,3)19-10-8-7-9-18(19)20-22(30-25-27(20)26)24-21(28)16-11-13-17(29-4)14-12-16/h7-14H,5-6,15H2,1-4H3. The van der Waals surface area contributed by atoms with E-state index in [-0.39, 0.29) is 17.3 Å². The number of fused-ring (bicyclic) bond motifs is 3. The van der Waals surface area contributed by atoms with Gasteiger partial charge in [0, 0.05) is 0 Å². The predicted octanol–water partition coefficient (Wildman–Crippen LogP) is 3.06. The molecule has 0 unspecified atom stereocenters. The largest absolute Gasteiger partial charge is 0.858 e. The Morgan fingerprint density at radius 3 is 2.63 bits per heavy atom. The highest BCUT2D eigenvalue weighted by molar-refractivity contribution is 5.93. The molecule has 0 N–H and O–H groups in total. The monoisotopic (exact) mass is 406 g/mol. The van der Waals surface area contributed by atoms with E-state index in [9.17, 15) is 5.11 Å². The highest BCUT2D eigenvalue weighted by atomic mass is 16.5. The topological polar surface area (TPSA) is 77.8 Å². The van der Waals surface area contributed by atoms with Gasteiger partial charge in [-0.2, -0.15) is 0 Å². The molecule has 0 amide bonds. The van der Waals surface area contributed by atoms with Gasteiger partial charge in [0.05, 0.1) is 24.0 Å². The first-order chi connectivity index (χ1) is 14.5. The van der Waals surface area contributed by atoms with Crippen molar-refractivity contribution in [2.75, 3.05) is 18.7 Å². The van der Waals surface area contributed by atoms with Crippen molar-refractivity contribution in [3.8, 4) is 17.0 Å². The molecule has 1 aliphatic heterocycles. The summed E-state index contributed by atoms with van der Waals surface area (Å²) in [7, 11) is 1.59. The molecule has 7 nitrogen and oxygen atoms in total. The lowest BCUT2D eigenvalue weighted by atomic mass is 9.86. The molecule has 2 aromatic carbocycles. The number of aliphatic imine (C=N–C) groups is 1. The Labute approximate surface area is 176 Å². The van der Waals surface area contributed by atoms with E-state index >= 15 is 0 Å². The smallest absolute Gasteiger partial charge is 0.341 e. The number of nitrogens with zero attached hydrogens (tertiary/aromatic N) is 4. The molecule has 156 valence electrons. The van der Waals surface area contributed by atoms with Gasteiger partial charge < -0.3 is 9.84 Å². The van der Waals surface area contributed by atoms with Crippen molar-refractivity contribution >= 4 is 11.8 Å². The van der Waals surface area contributed by atoms with Gasteiger partial charge in [0.25, 0.3) is 0 Å². The molecule has 0 saturated carbocycles. The predicted molar refractivity (Wildman–Crippen MR) is 112 cm³/mol. The summed E-state index contributed by atoms with van der Waals surface area (Å²) in [5.41, 5.74) is 2.99. The summed E-state index contributed by atoms with van der Waals surface area (Å²) in [6.07, 6.45) is 2.08. The van der Waals surface area contributed by atoms with Gasteiger partial charge >= 0.3 is 11.6 Å². The Kier molecular flexibility index (Phi) is 5.20. The minimum absolute atomic E-state index is 0.209. The van der Waals surface area contributed by atoms with Gasteiger partial charge in [-0.1, -0.05) is 43.7 Å². The van der Waals surface area contributed by atoms with Crippen molar-refractivity contribution in [1.82, 2.24) is 5.27 Å². The first kappa shape index (κ1) is 19.9. The number of ether oxygens (including phenoxy) is 1. The second kappa shape index (κ2) is 7.82. The van der Waals surface area contributed by atoms with Crippen LogP contribution >= 0.6 is 0 Å². The minimum Gasteiger partial charge on any atom is -0.858 e. The number of methoxy groups -OCH3 is 1. The van der Waals surface area contributed by atoms with Crippen LogP contribution in [-0.4, -0.2) is 24.8 Å². The summed E-state index contributed by atoms with van der Waals surface area (Å²) in [5.74, 6) is 0.502. The molecule has 30 heavy (non-hydrogen) atoms. The third-order valence-corrected chi connectivity index (χ3v) is 5.59. The zero-order valence-corrected chi connectivity index (χ0v) is 17.8. The number of hydrogen-bond acceptors (Lipinski definition) is 6. The van der Waals surface area contributed by atoms with E-state index in [2.05, 4.69) is 42.1 Å². The molecular formula is C23H26N4O3. The zero-order chi connectivity index (χ0) is 21.3. The number of rotatable bonds is 6.